The first-order valence-electron chi connectivity index (χ1n) is 10.7. The monoisotopic (exact) mass is 505 g/mol. The Morgan fingerprint density at radius 2 is 1.48 bits per heavy atom. The summed E-state index contributed by atoms with van der Waals surface area (Å²) < 4.78 is 0. The van der Waals surface area contributed by atoms with Crippen LogP contribution in [0.2, 0.25) is 0 Å². The van der Waals surface area contributed by atoms with E-state index in [4.69, 9.17) is 17.0 Å². The number of hydrogen-bond donors (Lipinski definition) is 0. The number of fused-ring (bicyclic) bond motifs is 1. The molecule has 0 bridgehead atoms. The standard InChI is InChI=1S/C26H33.2ClH.Zr/c1-7-9-19-12-21-11-10-20(8-2)26(25(21)13-19)24-15-22(17(3)4)14-23(16-24)18(5)6;;;/h10-18H,7-9H2,1-6H3;2*1H;/q-1;;;+2/p-2. The molecule has 0 radical (unpaired) electrons. The Labute approximate surface area is 196 Å². The van der Waals surface area contributed by atoms with Gasteiger partial charge in [-0.05, 0) is 41.4 Å². The van der Waals surface area contributed by atoms with Gasteiger partial charge >= 0.3 is 37.9 Å². The minimum absolute atomic E-state index is 0.548. The molecule has 0 spiro atoms. The van der Waals surface area contributed by atoms with Gasteiger partial charge in [0.05, 0.1) is 0 Å². The molecule has 0 aliphatic heterocycles. The molecule has 0 aromatic heterocycles. The van der Waals surface area contributed by atoms with Crippen molar-refractivity contribution in [3.63, 3.8) is 0 Å². The summed E-state index contributed by atoms with van der Waals surface area (Å²) in [6.45, 7) is 13.7. The van der Waals surface area contributed by atoms with Gasteiger partial charge in [-0.15, -0.1) is 34.5 Å². The Morgan fingerprint density at radius 1 is 0.897 bits per heavy atom. The van der Waals surface area contributed by atoms with Crippen molar-refractivity contribution in [2.45, 2.75) is 72.6 Å². The summed E-state index contributed by atoms with van der Waals surface area (Å²) in [5, 5.41) is 2.82. The average molecular weight is 508 g/mol. The Hall–Kier alpha value is -0.487. The first kappa shape index (κ1) is 24.8. The molecule has 29 heavy (non-hydrogen) atoms. The summed E-state index contributed by atoms with van der Waals surface area (Å²) >= 11 is -0.826. The van der Waals surface area contributed by atoms with Crippen LogP contribution in [0.5, 0.6) is 0 Å². The van der Waals surface area contributed by atoms with Gasteiger partial charge in [0.25, 0.3) is 0 Å². The van der Waals surface area contributed by atoms with E-state index in [0.717, 1.165) is 6.42 Å². The zero-order chi connectivity index (χ0) is 21.6. The van der Waals surface area contributed by atoms with Gasteiger partial charge in [-0.3, -0.25) is 0 Å². The van der Waals surface area contributed by atoms with Gasteiger partial charge in [-0.1, -0.05) is 77.3 Å². The first-order chi connectivity index (χ1) is 13.9. The fraction of sp³-hybridized carbons (Fsp3) is 0.423. The molecule has 0 aliphatic rings. The molecule has 0 unspecified atom stereocenters. The third kappa shape index (κ3) is 6.25. The third-order valence-electron chi connectivity index (χ3n) is 5.56. The van der Waals surface area contributed by atoms with Crippen molar-refractivity contribution in [2.75, 3.05) is 0 Å². The van der Waals surface area contributed by atoms with Crippen LogP contribution in [0.1, 0.15) is 82.1 Å². The molecule has 0 fully saturated rings. The average Bonchev–Trinajstić information content (AvgIpc) is 3.10. The molecular weight excluding hydrogens is 474 g/mol. The summed E-state index contributed by atoms with van der Waals surface area (Å²) in [5.74, 6) is 1.10. The van der Waals surface area contributed by atoms with Crippen molar-refractivity contribution in [2.24, 2.45) is 0 Å². The second-order valence-corrected chi connectivity index (χ2v) is 12.1. The summed E-state index contributed by atoms with van der Waals surface area (Å²) in [6.07, 6.45) is 3.44. The van der Waals surface area contributed by atoms with E-state index >= 15 is 0 Å². The molecule has 0 nitrogen and oxygen atoms in total. The van der Waals surface area contributed by atoms with Crippen LogP contribution in [0, 0.1) is 0 Å². The van der Waals surface area contributed by atoms with Gasteiger partial charge in [0.2, 0.25) is 0 Å². The Kier molecular flexibility index (Phi) is 10.1. The Morgan fingerprint density at radius 3 is 1.97 bits per heavy atom. The zero-order valence-electron chi connectivity index (χ0n) is 18.6. The normalized spacial score (nSPS) is 11.1. The van der Waals surface area contributed by atoms with E-state index in [9.17, 15) is 0 Å². The van der Waals surface area contributed by atoms with E-state index in [1.54, 1.807) is 0 Å². The first-order valence-corrected chi connectivity index (χ1v) is 17.0. The molecule has 0 amide bonds. The maximum atomic E-state index is 4.93. The van der Waals surface area contributed by atoms with Crippen LogP contribution in [0.15, 0.2) is 42.5 Å². The maximum absolute atomic E-state index is 4.93. The van der Waals surface area contributed by atoms with Gasteiger partial charge in [0, 0.05) is 0 Å². The fourth-order valence-electron chi connectivity index (χ4n) is 3.95. The van der Waals surface area contributed by atoms with Crippen LogP contribution < -0.4 is 0 Å². The number of benzene rings is 2. The number of rotatable bonds is 6. The molecule has 156 valence electrons. The molecule has 0 aliphatic carbocycles. The summed E-state index contributed by atoms with van der Waals surface area (Å²) in [7, 11) is 9.87. The van der Waals surface area contributed by atoms with Gasteiger partial charge < -0.3 is 0 Å². The second kappa shape index (κ2) is 11.8. The van der Waals surface area contributed by atoms with Crippen molar-refractivity contribution in [1.29, 1.82) is 0 Å². The summed E-state index contributed by atoms with van der Waals surface area (Å²) in [5.41, 5.74) is 8.69. The van der Waals surface area contributed by atoms with Gasteiger partial charge in [0.1, 0.15) is 0 Å². The van der Waals surface area contributed by atoms with Crippen molar-refractivity contribution < 1.29 is 20.8 Å². The fourth-order valence-corrected chi connectivity index (χ4v) is 3.95. The van der Waals surface area contributed by atoms with Crippen LogP contribution >= 0.6 is 17.0 Å². The predicted molar refractivity (Wildman–Crippen MR) is 128 cm³/mol. The van der Waals surface area contributed by atoms with Crippen LogP contribution in [0.4, 0.5) is 0 Å². The molecule has 0 saturated carbocycles. The summed E-state index contributed by atoms with van der Waals surface area (Å²) in [6, 6.07) is 16.7. The van der Waals surface area contributed by atoms with E-state index in [0.29, 0.717) is 11.8 Å². The molecule has 0 heterocycles. The molecule has 0 atom stereocenters. The molecule has 3 aromatic rings. The van der Waals surface area contributed by atoms with Crippen molar-refractivity contribution >= 4 is 27.8 Å². The Balaban J connectivity index is 0.000000941. The Bertz CT molecular complexity index is 896. The topological polar surface area (TPSA) is 0 Å². The van der Waals surface area contributed by atoms with Crippen LogP contribution in [0.3, 0.4) is 0 Å². The zero-order valence-corrected chi connectivity index (χ0v) is 22.5. The minimum atomic E-state index is -0.826. The second-order valence-electron chi connectivity index (χ2n) is 8.34. The number of aryl methyl sites for hydroxylation is 2. The van der Waals surface area contributed by atoms with Crippen LogP contribution in [0.25, 0.3) is 21.9 Å². The van der Waals surface area contributed by atoms with E-state index < -0.39 is 20.8 Å². The van der Waals surface area contributed by atoms with Crippen molar-refractivity contribution in [3.05, 3.63) is 64.7 Å². The van der Waals surface area contributed by atoms with Gasteiger partial charge in [0.15, 0.2) is 0 Å². The summed E-state index contributed by atoms with van der Waals surface area (Å²) in [4.78, 5) is 0. The van der Waals surface area contributed by atoms with E-state index in [-0.39, 0.29) is 0 Å². The van der Waals surface area contributed by atoms with Crippen molar-refractivity contribution in [1.82, 2.24) is 0 Å². The quantitative estimate of drug-likeness (QED) is 0.292. The van der Waals surface area contributed by atoms with Crippen LogP contribution in [-0.2, 0) is 33.7 Å². The predicted octanol–water partition coefficient (Wildman–Crippen LogP) is 9.36. The molecule has 3 rings (SSSR count). The van der Waals surface area contributed by atoms with Gasteiger partial charge in [-0.2, -0.15) is 6.07 Å². The van der Waals surface area contributed by atoms with E-state index in [2.05, 4.69) is 84.0 Å². The molecule has 3 heteroatoms. The number of halogens is 2. The third-order valence-corrected chi connectivity index (χ3v) is 5.56. The van der Waals surface area contributed by atoms with E-state index in [1.807, 2.05) is 0 Å². The molecule has 0 N–H and O–H groups in total. The molecule has 0 saturated heterocycles. The van der Waals surface area contributed by atoms with E-state index in [1.165, 1.54) is 57.0 Å². The van der Waals surface area contributed by atoms with Gasteiger partial charge in [-0.25, -0.2) is 0 Å². The number of hydrogen-bond acceptors (Lipinski definition) is 0. The van der Waals surface area contributed by atoms with Crippen LogP contribution in [-0.4, -0.2) is 0 Å². The molecular formula is C26H33Cl2Zr-. The SMILES string of the molecule is CCCc1cc2c(-c3cc(C(C)C)cc(C(C)C)c3)c(CC)ccc2[cH-]1.[Cl][Zr][Cl]. The molecule has 3 aromatic carbocycles. The van der Waals surface area contributed by atoms with Crippen molar-refractivity contribution in [3.8, 4) is 11.1 Å².